The van der Waals surface area contributed by atoms with Crippen LogP contribution in [-0.2, 0) is 4.79 Å². The Kier molecular flexibility index (Phi) is 3.94. The lowest BCUT2D eigenvalue weighted by molar-refractivity contribution is -0.129. The normalized spacial score (nSPS) is 17.1. The molecule has 0 spiro atoms. The molecule has 0 bridgehead atoms. The Balaban J connectivity index is 2.22. The van der Waals surface area contributed by atoms with Gasteiger partial charge in [0.25, 0.3) is 0 Å². The Labute approximate surface area is 118 Å². The fourth-order valence-electron chi connectivity index (χ4n) is 2.04. The van der Waals surface area contributed by atoms with Crippen molar-refractivity contribution in [2.45, 2.75) is 19.3 Å². The Hall–Kier alpha value is -0.650. The standard InChI is InChI=1S/C12H13BrClFN2O/c13-8-4-7(15)5-9(14)10(8)17-11(18)12(6-16)2-1-3-12/h4-5H,1-3,6,16H2,(H,17,18). The van der Waals surface area contributed by atoms with Gasteiger partial charge in [0.05, 0.1) is 16.1 Å². The minimum absolute atomic E-state index is 0.148. The van der Waals surface area contributed by atoms with Gasteiger partial charge in [0.1, 0.15) is 5.82 Å². The topological polar surface area (TPSA) is 55.1 Å². The number of nitrogens with two attached hydrogens (primary N) is 1. The zero-order valence-electron chi connectivity index (χ0n) is 9.60. The molecule has 0 aromatic heterocycles. The van der Waals surface area contributed by atoms with E-state index in [1.54, 1.807) is 0 Å². The van der Waals surface area contributed by atoms with Crippen LogP contribution in [0.5, 0.6) is 0 Å². The van der Waals surface area contributed by atoms with Crippen molar-refractivity contribution in [3.8, 4) is 0 Å². The molecule has 1 aliphatic carbocycles. The maximum Gasteiger partial charge on any atom is 0.231 e. The molecule has 18 heavy (non-hydrogen) atoms. The first-order valence-corrected chi connectivity index (χ1v) is 6.82. The first-order chi connectivity index (χ1) is 8.48. The van der Waals surface area contributed by atoms with Crippen molar-refractivity contribution in [3.05, 3.63) is 27.4 Å². The lowest BCUT2D eigenvalue weighted by atomic mass is 9.68. The third-order valence-electron chi connectivity index (χ3n) is 3.43. The highest BCUT2D eigenvalue weighted by molar-refractivity contribution is 9.10. The van der Waals surface area contributed by atoms with Gasteiger partial charge in [0.15, 0.2) is 0 Å². The molecule has 0 unspecified atom stereocenters. The lowest BCUT2D eigenvalue weighted by Crippen LogP contribution is -2.47. The summed E-state index contributed by atoms with van der Waals surface area (Å²) in [5.74, 6) is -0.604. The predicted octanol–water partition coefficient (Wildman–Crippen LogP) is 3.31. The van der Waals surface area contributed by atoms with Gasteiger partial charge in [-0.1, -0.05) is 18.0 Å². The molecule has 0 saturated heterocycles. The van der Waals surface area contributed by atoms with Crippen LogP contribution in [0.15, 0.2) is 16.6 Å². The van der Waals surface area contributed by atoms with Gasteiger partial charge >= 0.3 is 0 Å². The van der Waals surface area contributed by atoms with Crippen molar-refractivity contribution in [2.24, 2.45) is 11.1 Å². The summed E-state index contributed by atoms with van der Waals surface area (Å²) in [6, 6.07) is 2.43. The molecule has 1 aliphatic rings. The zero-order valence-corrected chi connectivity index (χ0v) is 11.9. The zero-order chi connectivity index (χ0) is 13.3. The molecule has 3 N–H and O–H groups in total. The summed E-state index contributed by atoms with van der Waals surface area (Å²) < 4.78 is 13.5. The van der Waals surface area contributed by atoms with Crippen LogP contribution in [0.4, 0.5) is 10.1 Å². The fourth-order valence-corrected chi connectivity index (χ4v) is 2.93. The van der Waals surface area contributed by atoms with Crippen molar-refractivity contribution in [1.29, 1.82) is 0 Å². The van der Waals surface area contributed by atoms with Gasteiger partial charge in [-0.3, -0.25) is 4.79 Å². The van der Waals surface area contributed by atoms with Gasteiger partial charge in [-0.15, -0.1) is 0 Å². The van der Waals surface area contributed by atoms with Crippen molar-refractivity contribution >= 4 is 39.1 Å². The molecule has 0 aliphatic heterocycles. The number of anilines is 1. The van der Waals surface area contributed by atoms with Gasteiger partial charge in [0, 0.05) is 11.0 Å². The molecule has 1 amide bonds. The lowest BCUT2D eigenvalue weighted by Gasteiger charge is -2.39. The van der Waals surface area contributed by atoms with Crippen LogP contribution in [0.3, 0.4) is 0 Å². The Morgan fingerprint density at radius 3 is 2.67 bits per heavy atom. The average Bonchev–Trinajstić information content (AvgIpc) is 2.22. The maximum atomic E-state index is 13.1. The largest absolute Gasteiger partial charge is 0.329 e. The number of carbonyl (C=O) groups excluding carboxylic acids is 1. The third kappa shape index (κ3) is 2.39. The van der Waals surface area contributed by atoms with E-state index in [9.17, 15) is 9.18 Å². The summed E-state index contributed by atoms with van der Waals surface area (Å²) in [5, 5.41) is 2.90. The number of rotatable bonds is 3. The van der Waals surface area contributed by atoms with Crippen molar-refractivity contribution in [2.75, 3.05) is 11.9 Å². The number of carbonyl (C=O) groups is 1. The molecule has 98 valence electrons. The van der Waals surface area contributed by atoms with Crippen LogP contribution in [-0.4, -0.2) is 12.5 Å². The SMILES string of the molecule is NCC1(C(=O)Nc2c(Cl)cc(F)cc2Br)CCC1. The smallest absolute Gasteiger partial charge is 0.231 e. The fraction of sp³-hybridized carbons (Fsp3) is 0.417. The van der Waals surface area contributed by atoms with Gasteiger partial charge < -0.3 is 11.1 Å². The molecular formula is C12H13BrClFN2O. The van der Waals surface area contributed by atoms with E-state index in [4.69, 9.17) is 17.3 Å². The van der Waals surface area contributed by atoms with Crippen LogP contribution in [0.2, 0.25) is 5.02 Å². The molecule has 0 heterocycles. The number of hydrogen-bond donors (Lipinski definition) is 2. The van der Waals surface area contributed by atoms with Gasteiger partial charge in [-0.25, -0.2) is 4.39 Å². The van der Waals surface area contributed by atoms with Crippen LogP contribution >= 0.6 is 27.5 Å². The first kappa shape index (κ1) is 13.8. The number of halogens is 3. The number of amides is 1. The third-order valence-corrected chi connectivity index (χ3v) is 4.35. The summed E-state index contributed by atoms with van der Waals surface area (Å²) in [7, 11) is 0. The number of nitrogens with one attached hydrogen (secondary N) is 1. The number of benzene rings is 1. The van der Waals surface area contributed by atoms with Gasteiger partial charge in [-0.05, 0) is 40.9 Å². The summed E-state index contributed by atoms with van der Waals surface area (Å²) >= 11 is 9.10. The van der Waals surface area contributed by atoms with Gasteiger partial charge in [-0.2, -0.15) is 0 Å². The summed E-state index contributed by atoms with van der Waals surface area (Å²) in [6.07, 6.45) is 2.57. The van der Waals surface area contributed by atoms with Crippen molar-refractivity contribution in [3.63, 3.8) is 0 Å². The van der Waals surface area contributed by atoms with Crippen LogP contribution < -0.4 is 11.1 Å². The Bertz CT molecular complexity index is 462. The van der Waals surface area contributed by atoms with Crippen molar-refractivity contribution < 1.29 is 9.18 Å². The monoisotopic (exact) mass is 334 g/mol. The van der Waals surface area contributed by atoms with Crippen LogP contribution in [0.25, 0.3) is 0 Å². The van der Waals surface area contributed by atoms with E-state index in [1.165, 1.54) is 6.07 Å². The van der Waals surface area contributed by atoms with Crippen LogP contribution in [0.1, 0.15) is 19.3 Å². The van der Waals surface area contributed by atoms with E-state index in [-0.39, 0.29) is 10.9 Å². The molecule has 2 rings (SSSR count). The Morgan fingerprint density at radius 1 is 1.56 bits per heavy atom. The molecule has 6 heteroatoms. The predicted molar refractivity (Wildman–Crippen MR) is 73.1 cm³/mol. The van der Waals surface area contributed by atoms with E-state index in [0.29, 0.717) is 16.7 Å². The van der Waals surface area contributed by atoms with Crippen LogP contribution in [0, 0.1) is 11.2 Å². The second kappa shape index (κ2) is 5.15. The minimum atomic E-state index is -0.489. The molecule has 1 aromatic carbocycles. The molecule has 0 atom stereocenters. The second-order valence-electron chi connectivity index (χ2n) is 4.54. The summed E-state index contributed by atoms with van der Waals surface area (Å²) in [5.41, 5.74) is 5.56. The van der Waals surface area contributed by atoms with Gasteiger partial charge in [0.2, 0.25) is 5.91 Å². The molecule has 3 nitrogen and oxygen atoms in total. The molecule has 1 saturated carbocycles. The number of hydrogen-bond acceptors (Lipinski definition) is 2. The highest BCUT2D eigenvalue weighted by Gasteiger charge is 2.43. The van der Waals surface area contributed by atoms with E-state index < -0.39 is 11.2 Å². The summed E-state index contributed by atoms with van der Waals surface area (Å²) in [6.45, 7) is 0.315. The van der Waals surface area contributed by atoms with E-state index in [0.717, 1.165) is 25.3 Å². The van der Waals surface area contributed by atoms with E-state index in [1.807, 2.05) is 0 Å². The Morgan fingerprint density at radius 2 is 2.22 bits per heavy atom. The average molecular weight is 336 g/mol. The highest BCUT2D eigenvalue weighted by atomic mass is 79.9. The van der Waals surface area contributed by atoms with Crippen molar-refractivity contribution in [1.82, 2.24) is 0 Å². The quantitative estimate of drug-likeness (QED) is 0.890. The maximum absolute atomic E-state index is 13.1. The summed E-state index contributed by atoms with van der Waals surface area (Å²) in [4.78, 5) is 12.2. The second-order valence-corrected chi connectivity index (χ2v) is 5.80. The molecule has 1 aromatic rings. The molecule has 1 fully saturated rings. The first-order valence-electron chi connectivity index (χ1n) is 5.64. The van der Waals surface area contributed by atoms with E-state index in [2.05, 4.69) is 21.2 Å². The molecule has 0 radical (unpaired) electrons. The minimum Gasteiger partial charge on any atom is -0.329 e. The van der Waals surface area contributed by atoms with E-state index >= 15 is 0 Å². The highest BCUT2D eigenvalue weighted by Crippen LogP contribution is 2.42. The molecular weight excluding hydrogens is 323 g/mol.